The van der Waals surface area contributed by atoms with Crippen molar-refractivity contribution in [3.8, 4) is 0 Å². The molecule has 0 aliphatic rings. The van der Waals surface area contributed by atoms with Crippen molar-refractivity contribution in [1.82, 2.24) is 0 Å². The first-order valence-electron chi connectivity index (χ1n) is 5.23. The zero-order chi connectivity index (χ0) is 10.5. The Morgan fingerprint density at radius 1 is 1.36 bits per heavy atom. The minimum absolute atomic E-state index is 0. The van der Waals surface area contributed by atoms with Gasteiger partial charge in [0.05, 0.1) is 0 Å². The molecule has 0 rings (SSSR count). The van der Waals surface area contributed by atoms with Gasteiger partial charge in [0.25, 0.3) is 0 Å². The summed E-state index contributed by atoms with van der Waals surface area (Å²) < 4.78 is 0. The smallest absolute Gasteiger partial charge is 0.102 e. The molecule has 0 fully saturated rings. The van der Waals surface area contributed by atoms with E-state index in [1.54, 1.807) is 0 Å². The van der Waals surface area contributed by atoms with Gasteiger partial charge < -0.3 is 5.11 Å². The second-order valence-electron chi connectivity index (χ2n) is 3.94. The Bertz CT molecular complexity index is 180. The Hall–Kier alpha value is 0.500. The van der Waals surface area contributed by atoms with E-state index in [4.69, 9.17) is 0 Å². The Balaban J connectivity index is 0. The maximum absolute atomic E-state index is 10.2. The molecule has 3 heteroatoms. The van der Waals surface area contributed by atoms with Gasteiger partial charge in [0.15, 0.2) is 0 Å². The third-order valence-electron chi connectivity index (χ3n) is 2.37. The van der Waals surface area contributed by atoms with Crippen molar-refractivity contribution in [3.05, 3.63) is 0 Å². The largest absolute Gasteiger partial charge is 0.384 e. The van der Waals surface area contributed by atoms with Crippen molar-refractivity contribution in [2.24, 2.45) is 4.99 Å². The SMILES string of the molecule is CCCC(O)(CC)C(C)=NC(C)C.[Sc]. The van der Waals surface area contributed by atoms with E-state index in [9.17, 15) is 5.11 Å². The van der Waals surface area contributed by atoms with Gasteiger partial charge in [-0.25, -0.2) is 0 Å². The fourth-order valence-electron chi connectivity index (χ4n) is 1.53. The van der Waals surface area contributed by atoms with E-state index in [1.165, 1.54) is 0 Å². The normalized spacial score (nSPS) is 16.4. The fourth-order valence-corrected chi connectivity index (χ4v) is 1.53. The molecule has 0 heterocycles. The Labute approximate surface area is 107 Å². The maximum Gasteiger partial charge on any atom is 0.102 e. The summed E-state index contributed by atoms with van der Waals surface area (Å²) in [5.74, 6) is 0. The van der Waals surface area contributed by atoms with Crippen LogP contribution in [0.5, 0.6) is 0 Å². The van der Waals surface area contributed by atoms with Crippen LogP contribution in [-0.2, 0) is 25.8 Å². The number of aliphatic imine (C=N–C) groups is 1. The zero-order valence-corrected chi connectivity index (χ0v) is 12.0. The summed E-state index contributed by atoms with van der Waals surface area (Å²) in [7, 11) is 0. The summed E-state index contributed by atoms with van der Waals surface area (Å²) in [6.07, 6.45) is 2.56. The summed E-state index contributed by atoms with van der Waals surface area (Å²) in [4.78, 5) is 4.41. The number of aliphatic hydroxyl groups is 1. The van der Waals surface area contributed by atoms with Gasteiger partial charge in [-0.2, -0.15) is 0 Å². The van der Waals surface area contributed by atoms with Crippen LogP contribution in [0.15, 0.2) is 4.99 Å². The van der Waals surface area contributed by atoms with Crippen LogP contribution in [0, 0.1) is 0 Å². The van der Waals surface area contributed by atoms with E-state index in [0.29, 0.717) is 0 Å². The van der Waals surface area contributed by atoms with Crippen LogP contribution >= 0.6 is 0 Å². The van der Waals surface area contributed by atoms with E-state index in [2.05, 4.69) is 11.9 Å². The molecule has 14 heavy (non-hydrogen) atoms. The van der Waals surface area contributed by atoms with Crippen molar-refractivity contribution in [1.29, 1.82) is 0 Å². The van der Waals surface area contributed by atoms with Gasteiger partial charge in [0.2, 0.25) is 0 Å². The molecule has 0 saturated carbocycles. The minimum atomic E-state index is -0.668. The van der Waals surface area contributed by atoms with Gasteiger partial charge in [-0.1, -0.05) is 20.3 Å². The second kappa shape index (κ2) is 7.75. The number of hydrogen-bond acceptors (Lipinski definition) is 2. The fraction of sp³-hybridized carbons (Fsp3) is 0.909. The van der Waals surface area contributed by atoms with Gasteiger partial charge in [0.1, 0.15) is 5.60 Å². The van der Waals surface area contributed by atoms with Gasteiger partial charge in [-0.15, -0.1) is 0 Å². The molecule has 1 N–H and O–H groups in total. The van der Waals surface area contributed by atoms with Gasteiger partial charge >= 0.3 is 0 Å². The average Bonchev–Trinajstić information content (AvgIpc) is 2.03. The molecule has 2 nitrogen and oxygen atoms in total. The Morgan fingerprint density at radius 2 is 1.86 bits per heavy atom. The Kier molecular flexibility index (Phi) is 9.36. The number of nitrogens with zero attached hydrogens (tertiary/aromatic N) is 1. The molecular weight excluding hydrogens is 207 g/mol. The van der Waals surface area contributed by atoms with E-state index in [1.807, 2.05) is 27.7 Å². The minimum Gasteiger partial charge on any atom is -0.384 e. The third kappa shape index (κ3) is 5.40. The predicted octanol–water partition coefficient (Wildman–Crippen LogP) is 2.79. The molecule has 1 unspecified atom stereocenters. The first kappa shape index (κ1) is 16.9. The summed E-state index contributed by atoms with van der Waals surface area (Å²) in [6, 6.07) is 0.273. The van der Waals surface area contributed by atoms with Crippen molar-refractivity contribution in [2.45, 2.75) is 65.5 Å². The van der Waals surface area contributed by atoms with Crippen LogP contribution in [-0.4, -0.2) is 22.5 Å². The molecule has 0 aromatic rings. The molecule has 0 spiro atoms. The molecule has 1 atom stereocenters. The molecule has 0 saturated heterocycles. The van der Waals surface area contributed by atoms with E-state index >= 15 is 0 Å². The van der Waals surface area contributed by atoms with Crippen LogP contribution < -0.4 is 0 Å². The molecule has 0 aromatic carbocycles. The van der Waals surface area contributed by atoms with Crippen LogP contribution in [0.1, 0.15) is 53.9 Å². The van der Waals surface area contributed by atoms with Crippen LogP contribution in [0.2, 0.25) is 0 Å². The summed E-state index contributed by atoms with van der Waals surface area (Å²) in [6.45, 7) is 10.1. The molecular formula is C11H23NOSc. The Morgan fingerprint density at radius 3 is 2.14 bits per heavy atom. The van der Waals surface area contributed by atoms with Crippen molar-refractivity contribution in [3.63, 3.8) is 0 Å². The summed E-state index contributed by atoms with van der Waals surface area (Å²) in [5.41, 5.74) is 0.214. The molecule has 0 aliphatic heterocycles. The predicted molar refractivity (Wildman–Crippen MR) is 58.4 cm³/mol. The van der Waals surface area contributed by atoms with Crippen LogP contribution in [0.4, 0.5) is 0 Å². The van der Waals surface area contributed by atoms with Crippen molar-refractivity contribution in [2.75, 3.05) is 0 Å². The first-order valence-corrected chi connectivity index (χ1v) is 5.23. The first-order chi connectivity index (χ1) is 5.96. The molecule has 0 aromatic heterocycles. The standard InChI is InChI=1S/C11H23NO.Sc/c1-6-8-11(13,7-2)10(5)12-9(3)4;/h9,13H,6-8H2,1-5H3;. The summed E-state index contributed by atoms with van der Waals surface area (Å²) in [5, 5.41) is 10.2. The van der Waals surface area contributed by atoms with E-state index in [0.717, 1.165) is 25.0 Å². The van der Waals surface area contributed by atoms with Gasteiger partial charge in [0, 0.05) is 37.6 Å². The third-order valence-corrected chi connectivity index (χ3v) is 2.37. The topological polar surface area (TPSA) is 32.6 Å². The summed E-state index contributed by atoms with van der Waals surface area (Å²) >= 11 is 0. The molecule has 0 bridgehead atoms. The van der Waals surface area contributed by atoms with Crippen LogP contribution in [0.25, 0.3) is 0 Å². The zero-order valence-electron chi connectivity index (χ0n) is 10.2. The monoisotopic (exact) mass is 230 g/mol. The van der Waals surface area contributed by atoms with Crippen LogP contribution in [0.3, 0.4) is 0 Å². The molecule has 0 aliphatic carbocycles. The van der Waals surface area contributed by atoms with Crippen molar-refractivity contribution < 1.29 is 30.9 Å². The van der Waals surface area contributed by atoms with Gasteiger partial charge in [-0.3, -0.25) is 4.99 Å². The quantitative estimate of drug-likeness (QED) is 0.724. The van der Waals surface area contributed by atoms with E-state index < -0.39 is 5.60 Å². The second-order valence-corrected chi connectivity index (χ2v) is 3.94. The number of rotatable bonds is 5. The van der Waals surface area contributed by atoms with Crippen molar-refractivity contribution >= 4 is 5.71 Å². The van der Waals surface area contributed by atoms with E-state index in [-0.39, 0.29) is 31.9 Å². The number of hydrogen-bond donors (Lipinski definition) is 1. The average molecular weight is 230 g/mol. The maximum atomic E-state index is 10.2. The molecule has 0 amide bonds. The molecule has 1 radical (unpaired) electrons. The molecule has 81 valence electrons. The van der Waals surface area contributed by atoms with Gasteiger partial charge in [-0.05, 0) is 33.6 Å².